The summed E-state index contributed by atoms with van der Waals surface area (Å²) in [4.78, 5) is 12.0. The molecule has 2 rings (SSSR count). The van der Waals surface area contributed by atoms with Gasteiger partial charge in [-0.05, 0) is 31.9 Å². The van der Waals surface area contributed by atoms with Gasteiger partial charge in [0.25, 0.3) is 0 Å². The Morgan fingerprint density at radius 1 is 1.36 bits per heavy atom. The Kier molecular flexibility index (Phi) is 5.98. The van der Waals surface area contributed by atoms with E-state index >= 15 is 0 Å². The predicted molar refractivity (Wildman–Crippen MR) is 89.7 cm³/mol. The van der Waals surface area contributed by atoms with Crippen molar-refractivity contribution in [3.8, 4) is 0 Å². The SMILES string of the molecule is CC(CC(=O)Nc1ccccc1)NCC1(C)CCCCC1O. The molecule has 122 valence electrons. The fourth-order valence-electron chi connectivity index (χ4n) is 3.08. The molecule has 4 nitrogen and oxygen atoms in total. The lowest BCUT2D eigenvalue weighted by atomic mass is 9.73. The summed E-state index contributed by atoms with van der Waals surface area (Å²) in [6.07, 6.45) is 4.43. The lowest BCUT2D eigenvalue weighted by Crippen LogP contribution is -2.46. The minimum atomic E-state index is -0.237. The number of anilines is 1. The third-order valence-corrected chi connectivity index (χ3v) is 4.68. The second-order valence-corrected chi connectivity index (χ2v) is 6.82. The first-order chi connectivity index (χ1) is 10.5. The van der Waals surface area contributed by atoms with Crippen LogP contribution in [0, 0.1) is 5.41 Å². The van der Waals surface area contributed by atoms with Crippen LogP contribution >= 0.6 is 0 Å². The lowest BCUT2D eigenvalue weighted by molar-refractivity contribution is -0.116. The molecule has 3 atom stereocenters. The van der Waals surface area contributed by atoms with Crippen LogP contribution in [-0.2, 0) is 4.79 Å². The molecule has 1 aliphatic rings. The predicted octanol–water partition coefficient (Wildman–Crippen LogP) is 2.93. The summed E-state index contributed by atoms with van der Waals surface area (Å²) < 4.78 is 0. The molecule has 0 aliphatic heterocycles. The maximum absolute atomic E-state index is 12.0. The van der Waals surface area contributed by atoms with E-state index in [0.29, 0.717) is 6.42 Å². The Bertz CT molecular complexity index is 477. The van der Waals surface area contributed by atoms with Gasteiger partial charge in [-0.25, -0.2) is 0 Å². The average Bonchev–Trinajstić information content (AvgIpc) is 2.49. The second-order valence-electron chi connectivity index (χ2n) is 6.82. The van der Waals surface area contributed by atoms with Crippen LogP contribution < -0.4 is 10.6 Å². The molecular formula is C18H28N2O2. The van der Waals surface area contributed by atoms with Crippen molar-refractivity contribution in [2.24, 2.45) is 5.41 Å². The van der Waals surface area contributed by atoms with E-state index in [4.69, 9.17) is 0 Å². The average molecular weight is 304 g/mol. The van der Waals surface area contributed by atoms with Crippen LogP contribution in [0.2, 0.25) is 0 Å². The van der Waals surface area contributed by atoms with Crippen LogP contribution in [0.4, 0.5) is 5.69 Å². The maximum Gasteiger partial charge on any atom is 0.225 e. The summed E-state index contributed by atoms with van der Waals surface area (Å²) >= 11 is 0. The highest BCUT2D eigenvalue weighted by molar-refractivity contribution is 5.90. The highest BCUT2D eigenvalue weighted by Gasteiger charge is 2.35. The van der Waals surface area contributed by atoms with E-state index in [1.165, 1.54) is 6.42 Å². The molecule has 0 spiro atoms. The van der Waals surface area contributed by atoms with Crippen molar-refractivity contribution in [1.29, 1.82) is 0 Å². The van der Waals surface area contributed by atoms with Crippen LogP contribution in [0.3, 0.4) is 0 Å². The monoisotopic (exact) mass is 304 g/mol. The first kappa shape index (κ1) is 17.0. The van der Waals surface area contributed by atoms with Crippen molar-refractivity contribution in [2.75, 3.05) is 11.9 Å². The smallest absolute Gasteiger partial charge is 0.225 e. The number of benzene rings is 1. The summed E-state index contributed by atoms with van der Waals surface area (Å²) in [5, 5.41) is 16.5. The number of nitrogens with one attached hydrogen (secondary N) is 2. The van der Waals surface area contributed by atoms with E-state index in [9.17, 15) is 9.90 Å². The Morgan fingerprint density at radius 3 is 2.77 bits per heavy atom. The van der Waals surface area contributed by atoms with Crippen molar-refractivity contribution in [3.63, 3.8) is 0 Å². The second kappa shape index (κ2) is 7.75. The van der Waals surface area contributed by atoms with Crippen molar-refractivity contribution < 1.29 is 9.90 Å². The molecule has 1 aromatic rings. The van der Waals surface area contributed by atoms with Gasteiger partial charge in [0.15, 0.2) is 0 Å². The van der Waals surface area contributed by atoms with Crippen LogP contribution in [0.15, 0.2) is 30.3 Å². The van der Waals surface area contributed by atoms with Gasteiger partial charge in [0.2, 0.25) is 5.91 Å². The molecule has 0 radical (unpaired) electrons. The Labute approximate surface area is 133 Å². The Hall–Kier alpha value is -1.39. The molecule has 22 heavy (non-hydrogen) atoms. The molecule has 1 saturated carbocycles. The molecule has 3 N–H and O–H groups in total. The molecule has 0 heterocycles. The highest BCUT2D eigenvalue weighted by atomic mass is 16.3. The van der Waals surface area contributed by atoms with Crippen LogP contribution in [0.1, 0.15) is 46.0 Å². The molecule has 1 aliphatic carbocycles. The summed E-state index contributed by atoms with van der Waals surface area (Å²) in [5.74, 6) is 0.0144. The van der Waals surface area contributed by atoms with E-state index in [0.717, 1.165) is 31.5 Å². The van der Waals surface area contributed by atoms with Gasteiger partial charge in [0.05, 0.1) is 6.10 Å². The van der Waals surface area contributed by atoms with Crippen molar-refractivity contribution >= 4 is 11.6 Å². The normalized spacial score (nSPS) is 26.4. The molecule has 0 saturated heterocycles. The largest absolute Gasteiger partial charge is 0.393 e. The number of carbonyl (C=O) groups is 1. The van der Waals surface area contributed by atoms with Crippen LogP contribution in [-0.4, -0.2) is 29.7 Å². The van der Waals surface area contributed by atoms with Gasteiger partial charge < -0.3 is 15.7 Å². The third-order valence-electron chi connectivity index (χ3n) is 4.68. The van der Waals surface area contributed by atoms with Crippen molar-refractivity contribution in [3.05, 3.63) is 30.3 Å². The van der Waals surface area contributed by atoms with Crippen LogP contribution in [0.25, 0.3) is 0 Å². The van der Waals surface area contributed by atoms with Gasteiger partial charge in [-0.15, -0.1) is 0 Å². The van der Waals surface area contributed by atoms with Gasteiger partial charge in [0.1, 0.15) is 0 Å². The fourth-order valence-corrected chi connectivity index (χ4v) is 3.08. The number of para-hydroxylation sites is 1. The zero-order chi connectivity index (χ0) is 16.0. The third kappa shape index (κ3) is 4.82. The van der Waals surface area contributed by atoms with Gasteiger partial charge in [0, 0.05) is 30.1 Å². The van der Waals surface area contributed by atoms with Crippen LogP contribution in [0.5, 0.6) is 0 Å². The molecule has 1 fully saturated rings. The quantitative estimate of drug-likeness (QED) is 0.757. The topological polar surface area (TPSA) is 61.4 Å². The van der Waals surface area contributed by atoms with E-state index in [-0.39, 0.29) is 23.5 Å². The standard InChI is InChI=1S/C18H28N2O2/c1-14(12-17(22)20-15-8-4-3-5-9-15)19-13-18(2)11-7-6-10-16(18)21/h3-5,8-9,14,16,19,21H,6-7,10-13H2,1-2H3,(H,20,22). The van der Waals surface area contributed by atoms with Gasteiger partial charge in [-0.2, -0.15) is 0 Å². The zero-order valence-corrected chi connectivity index (χ0v) is 13.6. The summed E-state index contributed by atoms with van der Waals surface area (Å²) in [5.41, 5.74) is 0.761. The number of hydrogen-bond acceptors (Lipinski definition) is 3. The summed E-state index contributed by atoms with van der Waals surface area (Å²) in [6.45, 7) is 4.91. The maximum atomic E-state index is 12.0. The Balaban J connectivity index is 1.75. The summed E-state index contributed by atoms with van der Waals surface area (Å²) in [7, 11) is 0. The minimum absolute atomic E-state index is 0.0144. The number of aliphatic hydroxyl groups is 1. The molecule has 4 heteroatoms. The number of rotatable bonds is 6. The van der Waals surface area contributed by atoms with E-state index in [2.05, 4.69) is 17.6 Å². The minimum Gasteiger partial charge on any atom is -0.393 e. The zero-order valence-electron chi connectivity index (χ0n) is 13.6. The molecule has 0 bridgehead atoms. The molecule has 3 unspecified atom stereocenters. The Morgan fingerprint density at radius 2 is 2.09 bits per heavy atom. The number of aliphatic hydroxyl groups excluding tert-OH is 1. The van der Waals surface area contributed by atoms with Crippen molar-refractivity contribution in [1.82, 2.24) is 5.32 Å². The molecule has 0 aromatic heterocycles. The van der Waals surface area contributed by atoms with E-state index in [1.54, 1.807) is 0 Å². The molecular weight excluding hydrogens is 276 g/mol. The summed E-state index contributed by atoms with van der Waals surface area (Å²) in [6, 6.07) is 9.60. The van der Waals surface area contributed by atoms with Gasteiger partial charge in [-0.1, -0.05) is 38.0 Å². The first-order valence-corrected chi connectivity index (χ1v) is 8.26. The van der Waals surface area contributed by atoms with Crippen molar-refractivity contribution in [2.45, 2.75) is 58.1 Å². The van der Waals surface area contributed by atoms with E-state index in [1.807, 2.05) is 37.3 Å². The van der Waals surface area contributed by atoms with E-state index < -0.39 is 0 Å². The van der Waals surface area contributed by atoms with Gasteiger partial charge in [-0.3, -0.25) is 4.79 Å². The highest BCUT2D eigenvalue weighted by Crippen LogP contribution is 2.35. The number of hydrogen-bond donors (Lipinski definition) is 3. The molecule has 1 amide bonds. The fraction of sp³-hybridized carbons (Fsp3) is 0.611. The number of amides is 1. The molecule has 1 aromatic carbocycles. The lowest BCUT2D eigenvalue weighted by Gasteiger charge is -2.39. The number of carbonyl (C=O) groups excluding carboxylic acids is 1. The first-order valence-electron chi connectivity index (χ1n) is 8.26. The van der Waals surface area contributed by atoms with Gasteiger partial charge >= 0.3 is 0 Å².